The Bertz CT molecular complexity index is 1050. The van der Waals surface area contributed by atoms with Gasteiger partial charge in [-0.25, -0.2) is 4.21 Å². The van der Waals surface area contributed by atoms with Crippen LogP contribution in [0.4, 0.5) is 5.88 Å². The summed E-state index contributed by atoms with van der Waals surface area (Å²) in [6.07, 6.45) is 3.00. The molecule has 0 bridgehead atoms. The Hall–Kier alpha value is -3.02. The molecule has 0 spiro atoms. The fraction of sp³-hybridized carbons (Fsp3) is 0.400. The number of fused-ring (bicyclic) bond motifs is 1. The Kier molecular flexibility index (Phi) is 4.83. The van der Waals surface area contributed by atoms with Crippen LogP contribution in [0.5, 0.6) is 0 Å². The summed E-state index contributed by atoms with van der Waals surface area (Å²) in [5.74, 6) is -1.98. The molecule has 1 unspecified atom stereocenters. The van der Waals surface area contributed by atoms with Gasteiger partial charge in [0.2, 0.25) is 11.7 Å². The maximum atomic E-state index is 13.1. The summed E-state index contributed by atoms with van der Waals surface area (Å²) >= 11 is 0. The minimum Gasteiger partial charge on any atom is -0.395 e. The number of nitrogens with zero attached hydrogens (tertiary/aromatic N) is 5. The van der Waals surface area contributed by atoms with Gasteiger partial charge in [-0.05, 0) is 6.07 Å². The first-order chi connectivity index (χ1) is 12.7. The van der Waals surface area contributed by atoms with Crippen LogP contribution in [-0.4, -0.2) is 48.4 Å². The van der Waals surface area contributed by atoms with Crippen LogP contribution in [0.25, 0.3) is 0 Å². The smallest absolute Gasteiger partial charge is 0.395 e. The van der Waals surface area contributed by atoms with Gasteiger partial charge in [-0.1, -0.05) is 6.92 Å². The van der Waals surface area contributed by atoms with E-state index in [1.807, 2.05) is 0 Å². The second-order valence-corrected chi connectivity index (χ2v) is 8.17. The number of hydrogen-bond acceptors (Lipinski definition) is 7. The second kappa shape index (κ2) is 6.95. The van der Waals surface area contributed by atoms with E-state index in [4.69, 9.17) is 4.42 Å². The molecule has 2 aromatic heterocycles. The van der Waals surface area contributed by atoms with Crippen molar-refractivity contribution in [1.29, 1.82) is 0 Å². The molecule has 0 N–H and O–H groups in total. The zero-order valence-corrected chi connectivity index (χ0v) is 15.5. The van der Waals surface area contributed by atoms with E-state index < -0.39 is 26.4 Å². The Morgan fingerprint density at radius 1 is 1.41 bits per heavy atom. The summed E-state index contributed by atoms with van der Waals surface area (Å²) in [5.41, 5.74) is 0.553. The average Bonchev–Trinajstić information content (AvgIpc) is 3.27. The van der Waals surface area contributed by atoms with E-state index in [1.165, 1.54) is 12.5 Å². The number of rotatable bonds is 4. The molecule has 27 heavy (non-hydrogen) atoms. The van der Waals surface area contributed by atoms with Crippen molar-refractivity contribution in [2.45, 2.75) is 31.3 Å². The van der Waals surface area contributed by atoms with E-state index in [2.05, 4.69) is 9.46 Å². The molecule has 12 heteroatoms. The molecule has 3 heterocycles. The highest BCUT2D eigenvalue weighted by Crippen LogP contribution is 2.24. The van der Waals surface area contributed by atoms with Gasteiger partial charge in [0.05, 0.1) is 45.7 Å². The van der Waals surface area contributed by atoms with Crippen LogP contribution in [0, 0.1) is 10.1 Å². The van der Waals surface area contributed by atoms with Crippen molar-refractivity contribution in [3.63, 3.8) is 0 Å². The number of nitro groups is 1. The first-order valence-electron chi connectivity index (χ1n) is 8.06. The third-order valence-electron chi connectivity index (χ3n) is 4.14. The first-order valence-corrected chi connectivity index (χ1v) is 9.98. The third kappa shape index (κ3) is 3.60. The topological polar surface area (TPSA) is 141 Å². The lowest BCUT2D eigenvalue weighted by Gasteiger charge is -2.28. The van der Waals surface area contributed by atoms with E-state index >= 15 is 0 Å². The highest BCUT2D eigenvalue weighted by Gasteiger charge is 2.27. The van der Waals surface area contributed by atoms with Gasteiger partial charge in [-0.3, -0.25) is 24.4 Å². The van der Waals surface area contributed by atoms with Gasteiger partial charge in [0, 0.05) is 19.2 Å². The Labute approximate surface area is 154 Å². The molecule has 0 aromatic carbocycles. The van der Waals surface area contributed by atoms with Crippen molar-refractivity contribution in [2.75, 3.05) is 12.8 Å². The summed E-state index contributed by atoms with van der Waals surface area (Å²) in [6, 6.07) is 2.13. The molecule has 0 radical (unpaired) electrons. The molecule has 0 saturated heterocycles. The van der Waals surface area contributed by atoms with Crippen LogP contribution in [-0.2, 0) is 27.6 Å². The van der Waals surface area contributed by atoms with Crippen LogP contribution < -0.4 is 0 Å². The molecule has 11 nitrogen and oxygen atoms in total. The fourth-order valence-electron chi connectivity index (χ4n) is 2.77. The Morgan fingerprint density at radius 2 is 2.15 bits per heavy atom. The number of carbonyl (C=O) groups excluding carboxylic acids is 2. The molecule has 2 aromatic rings. The quantitative estimate of drug-likeness (QED) is 0.563. The fourth-order valence-corrected chi connectivity index (χ4v) is 4.12. The molecule has 3 rings (SSSR count). The number of hydrogen-bond donors (Lipinski definition) is 0. The van der Waals surface area contributed by atoms with Crippen LogP contribution in [0.2, 0.25) is 0 Å². The minimum absolute atomic E-state index is 0.0353. The molecule has 1 aliphatic rings. The van der Waals surface area contributed by atoms with Crippen molar-refractivity contribution in [2.24, 2.45) is 4.36 Å². The summed E-state index contributed by atoms with van der Waals surface area (Å²) in [7, 11) is -3.20. The number of furan rings is 1. The first kappa shape index (κ1) is 18.8. The van der Waals surface area contributed by atoms with Crippen LogP contribution in [0.1, 0.15) is 29.6 Å². The highest BCUT2D eigenvalue weighted by atomic mass is 32.2. The van der Waals surface area contributed by atoms with Crippen LogP contribution in [0.15, 0.2) is 32.0 Å². The Balaban J connectivity index is 1.93. The number of carbonyl (C=O) groups is 2. The molecular formula is C15H17N5O6S. The van der Waals surface area contributed by atoms with Crippen LogP contribution >= 0.6 is 0 Å². The molecule has 2 amide bonds. The average molecular weight is 395 g/mol. The monoisotopic (exact) mass is 395 g/mol. The van der Waals surface area contributed by atoms with Crippen LogP contribution in [0.3, 0.4) is 0 Å². The summed E-state index contributed by atoms with van der Waals surface area (Å²) in [5, 5.41) is 14.8. The molecular weight excluding hydrogens is 378 g/mol. The summed E-state index contributed by atoms with van der Waals surface area (Å²) < 4.78 is 23.2. The van der Waals surface area contributed by atoms with Crippen molar-refractivity contribution >= 4 is 27.4 Å². The van der Waals surface area contributed by atoms with Crippen molar-refractivity contribution in [3.8, 4) is 0 Å². The van der Waals surface area contributed by atoms with Crippen molar-refractivity contribution < 1.29 is 23.1 Å². The molecule has 0 saturated carbocycles. The lowest BCUT2D eigenvalue weighted by atomic mass is 10.3. The van der Waals surface area contributed by atoms with E-state index in [0.717, 1.165) is 12.1 Å². The standard InChI is InChI=1S/C15H17N5O6S/c1-3-13(21)18-6-7-19-10(9-18)12(8-16-19)27(2,25)17-15(22)11-4-5-14(26-11)20(23)24/h4-5,8H,3,6-7,9H2,1-2H3. The highest BCUT2D eigenvalue weighted by molar-refractivity contribution is 7.93. The van der Waals surface area contributed by atoms with Crippen molar-refractivity contribution in [1.82, 2.24) is 14.7 Å². The zero-order valence-electron chi connectivity index (χ0n) is 14.7. The molecule has 0 aliphatic carbocycles. The molecule has 144 valence electrons. The predicted octanol–water partition coefficient (Wildman–Crippen LogP) is 1.43. The lowest BCUT2D eigenvalue weighted by molar-refractivity contribution is -0.402. The van der Waals surface area contributed by atoms with E-state index in [-0.39, 0.29) is 23.1 Å². The van der Waals surface area contributed by atoms with Gasteiger partial charge in [-0.2, -0.15) is 9.46 Å². The third-order valence-corrected chi connectivity index (χ3v) is 5.81. The summed E-state index contributed by atoms with van der Waals surface area (Å²) in [6.45, 7) is 2.93. The number of amides is 2. The number of aromatic nitrogens is 2. The van der Waals surface area contributed by atoms with Gasteiger partial charge in [-0.15, -0.1) is 0 Å². The summed E-state index contributed by atoms with van der Waals surface area (Å²) in [4.78, 5) is 35.9. The minimum atomic E-state index is -3.20. The largest absolute Gasteiger partial charge is 0.433 e. The van der Waals surface area contributed by atoms with E-state index in [1.54, 1.807) is 16.5 Å². The Morgan fingerprint density at radius 3 is 2.78 bits per heavy atom. The molecule has 0 fully saturated rings. The second-order valence-electron chi connectivity index (χ2n) is 5.94. The van der Waals surface area contributed by atoms with Gasteiger partial charge in [0.25, 0.3) is 0 Å². The maximum Gasteiger partial charge on any atom is 0.433 e. The van der Waals surface area contributed by atoms with Gasteiger partial charge < -0.3 is 9.32 Å². The normalized spacial score (nSPS) is 15.7. The van der Waals surface area contributed by atoms with Gasteiger partial charge in [0.1, 0.15) is 4.92 Å². The molecule has 1 aliphatic heterocycles. The SMILES string of the molecule is CCC(=O)N1CCn2ncc(S(C)(=O)=NC(=O)c3ccc([N+](=O)[O-])o3)c2C1. The zero-order chi connectivity index (χ0) is 19.8. The molecule has 1 atom stereocenters. The van der Waals surface area contributed by atoms with E-state index in [9.17, 15) is 23.9 Å². The predicted molar refractivity (Wildman–Crippen MR) is 92.4 cm³/mol. The van der Waals surface area contributed by atoms with E-state index in [0.29, 0.717) is 25.2 Å². The van der Waals surface area contributed by atoms with Gasteiger partial charge >= 0.3 is 11.8 Å². The van der Waals surface area contributed by atoms with Crippen molar-refractivity contribution in [3.05, 3.63) is 39.9 Å². The lowest BCUT2D eigenvalue weighted by Crippen LogP contribution is -2.38. The maximum absolute atomic E-state index is 13.1. The van der Waals surface area contributed by atoms with Gasteiger partial charge in [0.15, 0.2) is 0 Å².